The molecular formula is C55H35N3. The Morgan fingerprint density at radius 2 is 0.724 bits per heavy atom. The highest BCUT2D eigenvalue weighted by atomic mass is 15.0. The van der Waals surface area contributed by atoms with Gasteiger partial charge in [0.05, 0.1) is 0 Å². The Kier molecular flexibility index (Phi) is 8.15. The minimum absolute atomic E-state index is 0.626. The molecule has 11 rings (SSSR count). The Morgan fingerprint density at radius 1 is 0.224 bits per heavy atom. The van der Waals surface area contributed by atoms with Gasteiger partial charge in [-0.2, -0.15) is 0 Å². The fourth-order valence-corrected chi connectivity index (χ4v) is 8.54. The Labute approximate surface area is 336 Å². The number of rotatable bonds is 6. The highest BCUT2D eigenvalue weighted by Gasteiger charge is 2.18. The largest absolute Gasteiger partial charge is 0.208 e. The molecule has 11 aromatic rings. The lowest BCUT2D eigenvalue weighted by atomic mass is 9.89. The first-order chi connectivity index (χ1) is 28.7. The van der Waals surface area contributed by atoms with E-state index < -0.39 is 0 Å². The van der Waals surface area contributed by atoms with Crippen molar-refractivity contribution in [1.82, 2.24) is 15.0 Å². The quantitative estimate of drug-likeness (QED) is 0.126. The maximum Gasteiger partial charge on any atom is 0.164 e. The number of fused-ring (bicyclic) bond motifs is 5. The summed E-state index contributed by atoms with van der Waals surface area (Å²) < 4.78 is 0. The van der Waals surface area contributed by atoms with Crippen LogP contribution in [0.2, 0.25) is 0 Å². The van der Waals surface area contributed by atoms with E-state index in [0.29, 0.717) is 17.5 Å². The molecule has 0 N–H and O–H groups in total. The SMILES string of the molecule is c1ccc(-c2ccccc2-c2nc(-c3cccc(-c4cccc(-c5c6ccccc6cc6c5ccc5ccccc56)c4)c3)nc(-c3cccc4ccccc34)n2)cc1. The van der Waals surface area contributed by atoms with Crippen molar-refractivity contribution >= 4 is 43.1 Å². The Bertz CT molecular complexity index is 3340. The Balaban J connectivity index is 1.08. The van der Waals surface area contributed by atoms with Crippen LogP contribution >= 0.6 is 0 Å². The Hall–Kier alpha value is -7.75. The topological polar surface area (TPSA) is 38.7 Å². The molecule has 0 amide bonds. The summed E-state index contributed by atoms with van der Waals surface area (Å²) in [6, 6.07) is 75.4. The van der Waals surface area contributed by atoms with Crippen molar-refractivity contribution in [3.8, 4) is 67.5 Å². The zero-order valence-electron chi connectivity index (χ0n) is 31.5. The lowest BCUT2D eigenvalue weighted by molar-refractivity contribution is 1.08. The monoisotopic (exact) mass is 737 g/mol. The molecule has 0 aliphatic carbocycles. The van der Waals surface area contributed by atoms with E-state index >= 15 is 0 Å². The molecule has 0 unspecified atom stereocenters. The minimum Gasteiger partial charge on any atom is -0.208 e. The summed E-state index contributed by atoms with van der Waals surface area (Å²) in [6.07, 6.45) is 0. The summed E-state index contributed by atoms with van der Waals surface area (Å²) in [5.74, 6) is 1.90. The molecule has 3 heteroatoms. The molecular weight excluding hydrogens is 703 g/mol. The second-order valence-corrected chi connectivity index (χ2v) is 14.8. The van der Waals surface area contributed by atoms with Crippen LogP contribution in [0, 0.1) is 0 Å². The fourth-order valence-electron chi connectivity index (χ4n) is 8.54. The number of hydrogen-bond donors (Lipinski definition) is 0. The summed E-state index contributed by atoms with van der Waals surface area (Å²) in [4.78, 5) is 15.7. The van der Waals surface area contributed by atoms with Crippen LogP contribution in [0.25, 0.3) is 111 Å². The van der Waals surface area contributed by atoms with Gasteiger partial charge in [0.25, 0.3) is 0 Å². The van der Waals surface area contributed by atoms with Gasteiger partial charge in [0, 0.05) is 16.7 Å². The van der Waals surface area contributed by atoms with Crippen molar-refractivity contribution in [2.24, 2.45) is 0 Å². The summed E-state index contributed by atoms with van der Waals surface area (Å²) in [6.45, 7) is 0. The van der Waals surface area contributed by atoms with Crippen LogP contribution in [0.15, 0.2) is 212 Å². The molecule has 0 fully saturated rings. The summed E-state index contributed by atoms with van der Waals surface area (Å²) in [5, 5.41) is 9.74. The normalized spacial score (nSPS) is 11.4. The van der Waals surface area contributed by atoms with E-state index in [1.807, 2.05) is 6.07 Å². The summed E-state index contributed by atoms with van der Waals surface area (Å²) in [7, 11) is 0. The third kappa shape index (κ3) is 5.89. The average Bonchev–Trinajstić information content (AvgIpc) is 3.30. The third-order valence-electron chi connectivity index (χ3n) is 11.3. The smallest absolute Gasteiger partial charge is 0.164 e. The molecule has 0 radical (unpaired) electrons. The minimum atomic E-state index is 0.626. The number of benzene rings is 10. The van der Waals surface area contributed by atoms with E-state index in [-0.39, 0.29) is 0 Å². The van der Waals surface area contributed by atoms with Crippen LogP contribution in [0.4, 0.5) is 0 Å². The molecule has 0 saturated carbocycles. The van der Waals surface area contributed by atoms with Crippen molar-refractivity contribution in [2.75, 3.05) is 0 Å². The van der Waals surface area contributed by atoms with Crippen molar-refractivity contribution in [3.05, 3.63) is 212 Å². The lowest BCUT2D eigenvalue weighted by Crippen LogP contribution is -2.01. The predicted molar refractivity (Wildman–Crippen MR) is 242 cm³/mol. The van der Waals surface area contributed by atoms with E-state index in [4.69, 9.17) is 15.0 Å². The van der Waals surface area contributed by atoms with Crippen LogP contribution in [0.1, 0.15) is 0 Å². The molecule has 0 bridgehead atoms. The van der Waals surface area contributed by atoms with E-state index in [2.05, 4.69) is 206 Å². The number of hydrogen-bond acceptors (Lipinski definition) is 3. The molecule has 10 aromatic carbocycles. The van der Waals surface area contributed by atoms with Gasteiger partial charge in [-0.1, -0.05) is 194 Å². The maximum atomic E-state index is 5.24. The molecule has 3 nitrogen and oxygen atoms in total. The van der Waals surface area contributed by atoms with Gasteiger partial charge >= 0.3 is 0 Å². The predicted octanol–water partition coefficient (Wildman–Crippen LogP) is 14.5. The van der Waals surface area contributed by atoms with Gasteiger partial charge in [0.2, 0.25) is 0 Å². The third-order valence-corrected chi connectivity index (χ3v) is 11.3. The first kappa shape index (κ1) is 33.6. The van der Waals surface area contributed by atoms with Crippen LogP contribution in [0.5, 0.6) is 0 Å². The van der Waals surface area contributed by atoms with Crippen molar-refractivity contribution in [1.29, 1.82) is 0 Å². The van der Waals surface area contributed by atoms with Gasteiger partial charge in [-0.25, -0.2) is 15.0 Å². The standard InChI is InChI=1S/C55H35N3/c1-2-15-36(16-3-1)44-26-10-11-29-49(44)54-56-53(57-55(58-54)50-30-14-20-37-17-4-7-25-45(37)50)43-24-13-22-40(34-43)39-21-12-23-42(33-39)52-47-28-9-6-19-41(47)35-51-46-27-8-5-18-38(46)31-32-48(51)52/h1-35H. The zero-order chi connectivity index (χ0) is 38.4. The number of aromatic nitrogens is 3. The van der Waals surface area contributed by atoms with Crippen LogP contribution in [-0.2, 0) is 0 Å². The molecule has 0 spiro atoms. The molecule has 0 atom stereocenters. The average molecular weight is 738 g/mol. The zero-order valence-corrected chi connectivity index (χ0v) is 31.5. The van der Waals surface area contributed by atoms with Crippen LogP contribution in [-0.4, -0.2) is 15.0 Å². The van der Waals surface area contributed by atoms with Crippen LogP contribution in [0.3, 0.4) is 0 Å². The second-order valence-electron chi connectivity index (χ2n) is 14.8. The number of nitrogens with zero attached hydrogens (tertiary/aromatic N) is 3. The van der Waals surface area contributed by atoms with E-state index in [9.17, 15) is 0 Å². The highest BCUT2D eigenvalue weighted by Crippen LogP contribution is 2.41. The Morgan fingerprint density at radius 3 is 1.52 bits per heavy atom. The van der Waals surface area contributed by atoms with Gasteiger partial charge in [0.1, 0.15) is 0 Å². The molecule has 58 heavy (non-hydrogen) atoms. The first-order valence-corrected chi connectivity index (χ1v) is 19.7. The molecule has 1 heterocycles. The lowest BCUT2D eigenvalue weighted by Gasteiger charge is -2.15. The van der Waals surface area contributed by atoms with Crippen LogP contribution < -0.4 is 0 Å². The maximum absolute atomic E-state index is 5.24. The van der Waals surface area contributed by atoms with Gasteiger partial charge in [-0.3, -0.25) is 0 Å². The molecule has 0 saturated heterocycles. The summed E-state index contributed by atoms with van der Waals surface area (Å²) in [5.41, 5.74) is 9.68. The van der Waals surface area contributed by atoms with Gasteiger partial charge in [-0.15, -0.1) is 0 Å². The highest BCUT2D eigenvalue weighted by molar-refractivity contribution is 6.20. The molecule has 0 aliphatic rings. The first-order valence-electron chi connectivity index (χ1n) is 19.7. The molecule has 0 aliphatic heterocycles. The van der Waals surface area contributed by atoms with E-state index in [1.165, 1.54) is 43.4 Å². The van der Waals surface area contributed by atoms with Crippen molar-refractivity contribution < 1.29 is 0 Å². The van der Waals surface area contributed by atoms with E-state index in [0.717, 1.165) is 49.7 Å². The van der Waals surface area contributed by atoms with Gasteiger partial charge in [-0.05, 0) is 94.7 Å². The van der Waals surface area contributed by atoms with Gasteiger partial charge < -0.3 is 0 Å². The fraction of sp³-hybridized carbons (Fsp3) is 0. The summed E-state index contributed by atoms with van der Waals surface area (Å²) >= 11 is 0. The second kappa shape index (κ2) is 14.1. The van der Waals surface area contributed by atoms with E-state index in [1.54, 1.807) is 0 Å². The van der Waals surface area contributed by atoms with Gasteiger partial charge in [0.15, 0.2) is 17.5 Å². The molecule has 270 valence electrons. The molecule has 1 aromatic heterocycles. The van der Waals surface area contributed by atoms with Crippen molar-refractivity contribution in [2.45, 2.75) is 0 Å². The van der Waals surface area contributed by atoms with Crippen molar-refractivity contribution in [3.63, 3.8) is 0 Å².